The highest BCUT2D eigenvalue weighted by Crippen LogP contribution is 2.45. The number of nitrogens with zero attached hydrogens (tertiary/aromatic N) is 1. The molecule has 1 heterocycles. The van der Waals surface area contributed by atoms with Gasteiger partial charge in [-0.3, -0.25) is 0 Å². The van der Waals surface area contributed by atoms with E-state index in [0.717, 1.165) is 22.5 Å². The fourth-order valence-corrected chi connectivity index (χ4v) is 4.49. The minimum Gasteiger partial charge on any atom is -0.382 e. The molecule has 1 aromatic heterocycles. The second kappa shape index (κ2) is 4.88. The third-order valence-corrected chi connectivity index (χ3v) is 5.66. The fourth-order valence-electron chi connectivity index (χ4n) is 3.87. The van der Waals surface area contributed by atoms with Crippen LogP contribution < -0.4 is 5.32 Å². The van der Waals surface area contributed by atoms with Crippen molar-refractivity contribution in [1.82, 2.24) is 4.98 Å². The van der Waals surface area contributed by atoms with Crippen LogP contribution in [-0.2, 0) is 0 Å². The van der Waals surface area contributed by atoms with Crippen LogP contribution in [0.15, 0.2) is 29.6 Å². The first-order valence-corrected chi connectivity index (χ1v) is 8.45. The van der Waals surface area contributed by atoms with Crippen molar-refractivity contribution >= 4 is 17.0 Å². The molecule has 3 heteroatoms. The molecule has 0 amide bonds. The highest BCUT2D eigenvalue weighted by Gasteiger charge is 2.39. The van der Waals surface area contributed by atoms with Gasteiger partial charge < -0.3 is 5.32 Å². The van der Waals surface area contributed by atoms with Gasteiger partial charge in [-0.05, 0) is 50.2 Å². The molecule has 2 nitrogen and oxygen atoms in total. The highest BCUT2D eigenvalue weighted by atomic mass is 32.1. The Labute approximate surface area is 124 Å². The van der Waals surface area contributed by atoms with Gasteiger partial charge in [0.05, 0.1) is 10.7 Å². The quantitative estimate of drug-likeness (QED) is 0.882. The third-order valence-electron chi connectivity index (χ3n) is 4.89. The number of hydrogen-bond acceptors (Lipinski definition) is 3. The van der Waals surface area contributed by atoms with E-state index in [-0.39, 0.29) is 0 Å². The number of benzene rings is 1. The molecule has 2 fully saturated rings. The molecule has 0 radical (unpaired) electrons. The van der Waals surface area contributed by atoms with Crippen LogP contribution in [0, 0.1) is 18.8 Å². The van der Waals surface area contributed by atoms with Crippen LogP contribution in [0.3, 0.4) is 0 Å². The summed E-state index contributed by atoms with van der Waals surface area (Å²) < 4.78 is 0. The van der Waals surface area contributed by atoms with E-state index in [9.17, 15) is 0 Å². The number of hydrogen-bond donors (Lipinski definition) is 1. The van der Waals surface area contributed by atoms with Crippen LogP contribution >= 0.6 is 11.3 Å². The van der Waals surface area contributed by atoms with Gasteiger partial charge in [0.15, 0.2) is 0 Å². The number of nitrogens with one attached hydrogen (secondary N) is 1. The number of rotatable bonds is 3. The molecule has 2 aliphatic carbocycles. The smallest absolute Gasteiger partial charge is 0.0901 e. The molecule has 0 saturated heterocycles. The first kappa shape index (κ1) is 12.4. The van der Waals surface area contributed by atoms with Gasteiger partial charge in [-0.15, -0.1) is 11.3 Å². The van der Waals surface area contributed by atoms with Crippen LogP contribution in [0.1, 0.15) is 30.7 Å². The lowest BCUT2D eigenvalue weighted by molar-refractivity contribution is 0.440. The van der Waals surface area contributed by atoms with Crippen LogP contribution in [0.5, 0.6) is 0 Å². The standard InChI is InChI=1S/C17H20N2S/c1-11-18-17(10-20-11)13-4-6-15(7-5-13)19-16-9-12-2-3-14(16)8-12/h4-7,10,12,14,16,19H,2-3,8-9H2,1H3. The largest absolute Gasteiger partial charge is 0.382 e. The van der Waals surface area contributed by atoms with E-state index in [4.69, 9.17) is 0 Å². The topological polar surface area (TPSA) is 24.9 Å². The van der Waals surface area contributed by atoms with Crippen LogP contribution in [0.25, 0.3) is 11.3 Å². The first-order valence-electron chi connectivity index (χ1n) is 7.57. The summed E-state index contributed by atoms with van der Waals surface area (Å²) in [5.41, 5.74) is 3.57. The summed E-state index contributed by atoms with van der Waals surface area (Å²) in [5.74, 6) is 1.91. The Bertz CT molecular complexity index is 602. The second-order valence-electron chi connectivity index (χ2n) is 6.25. The molecule has 104 valence electrons. The van der Waals surface area contributed by atoms with Crippen molar-refractivity contribution in [3.8, 4) is 11.3 Å². The molecule has 1 N–H and O–H groups in total. The maximum absolute atomic E-state index is 4.54. The molecule has 4 rings (SSSR count). The summed E-state index contributed by atoms with van der Waals surface area (Å²) in [6, 6.07) is 9.49. The van der Waals surface area contributed by atoms with Gasteiger partial charge >= 0.3 is 0 Å². The van der Waals surface area contributed by atoms with E-state index in [1.807, 2.05) is 0 Å². The Kier molecular flexibility index (Phi) is 3.03. The molecule has 2 aromatic rings. The van der Waals surface area contributed by atoms with Gasteiger partial charge in [0.1, 0.15) is 0 Å². The van der Waals surface area contributed by atoms with Crippen molar-refractivity contribution in [2.24, 2.45) is 11.8 Å². The Morgan fingerprint density at radius 3 is 2.60 bits per heavy atom. The lowest BCUT2D eigenvalue weighted by Crippen LogP contribution is -2.25. The van der Waals surface area contributed by atoms with E-state index in [1.54, 1.807) is 11.3 Å². The molecule has 2 bridgehead atoms. The molecular weight excluding hydrogens is 264 g/mol. The van der Waals surface area contributed by atoms with Crippen molar-refractivity contribution in [3.05, 3.63) is 34.7 Å². The molecule has 1 aromatic carbocycles. The molecule has 3 unspecified atom stereocenters. The molecule has 0 spiro atoms. The lowest BCUT2D eigenvalue weighted by atomic mass is 9.95. The van der Waals surface area contributed by atoms with Crippen LogP contribution in [0.2, 0.25) is 0 Å². The van der Waals surface area contributed by atoms with E-state index >= 15 is 0 Å². The molecular formula is C17H20N2S. The number of anilines is 1. The normalized spacial score (nSPS) is 27.9. The maximum Gasteiger partial charge on any atom is 0.0901 e. The summed E-state index contributed by atoms with van der Waals surface area (Å²) >= 11 is 1.71. The van der Waals surface area contributed by atoms with Gasteiger partial charge in [0, 0.05) is 22.7 Å². The van der Waals surface area contributed by atoms with Gasteiger partial charge in [-0.25, -0.2) is 4.98 Å². The van der Waals surface area contributed by atoms with Crippen molar-refractivity contribution in [1.29, 1.82) is 0 Å². The van der Waals surface area contributed by atoms with E-state index in [0.29, 0.717) is 6.04 Å². The maximum atomic E-state index is 4.54. The molecule has 2 aliphatic rings. The fraction of sp³-hybridized carbons (Fsp3) is 0.471. The monoisotopic (exact) mass is 284 g/mol. The molecule has 3 atom stereocenters. The summed E-state index contributed by atoms with van der Waals surface area (Å²) in [6.07, 6.45) is 5.72. The predicted octanol–water partition coefficient (Wildman–Crippen LogP) is 4.72. The third kappa shape index (κ3) is 2.24. The zero-order valence-electron chi connectivity index (χ0n) is 11.8. The van der Waals surface area contributed by atoms with Crippen molar-refractivity contribution in [2.75, 3.05) is 5.32 Å². The Hall–Kier alpha value is -1.35. The number of thiazole rings is 1. The molecule has 2 saturated carbocycles. The average Bonchev–Trinajstić information content (AvgIpc) is 3.16. The summed E-state index contributed by atoms with van der Waals surface area (Å²) in [6.45, 7) is 2.05. The number of fused-ring (bicyclic) bond motifs is 2. The van der Waals surface area contributed by atoms with Gasteiger partial charge in [0.2, 0.25) is 0 Å². The van der Waals surface area contributed by atoms with Crippen molar-refractivity contribution in [3.63, 3.8) is 0 Å². The predicted molar refractivity (Wildman–Crippen MR) is 85.1 cm³/mol. The Balaban J connectivity index is 1.47. The zero-order valence-corrected chi connectivity index (χ0v) is 12.6. The van der Waals surface area contributed by atoms with Gasteiger partial charge in [0.25, 0.3) is 0 Å². The van der Waals surface area contributed by atoms with E-state index in [2.05, 4.69) is 46.9 Å². The molecule has 0 aliphatic heterocycles. The van der Waals surface area contributed by atoms with Crippen molar-refractivity contribution < 1.29 is 0 Å². The SMILES string of the molecule is Cc1nc(-c2ccc(NC3CC4CCC3C4)cc2)cs1. The van der Waals surface area contributed by atoms with Gasteiger partial charge in [-0.1, -0.05) is 18.6 Å². The van der Waals surface area contributed by atoms with Crippen molar-refractivity contribution in [2.45, 2.75) is 38.6 Å². The summed E-state index contributed by atoms with van der Waals surface area (Å²) in [7, 11) is 0. The average molecular weight is 284 g/mol. The van der Waals surface area contributed by atoms with Crippen LogP contribution in [0.4, 0.5) is 5.69 Å². The first-order chi connectivity index (χ1) is 9.78. The van der Waals surface area contributed by atoms with Crippen LogP contribution in [-0.4, -0.2) is 11.0 Å². The minimum absolute atomic E-state index is 0.709. The second-order valence-corrected chi connectivity index (χ2v) is 7.32. The number of aromatic nitrogens is 1. The molecule has 20 heavy (non-hydrogen) atoms. The summed E-state index contributed by atoms with van der Waals surface area (Å²) in [5, 5.41) is 7.00. The summed E-state index contributed by atoms with van der Waals surface area (Å²) in [4.78, 5) is 4.54. The zero-order chi connectivity index (χ0) is 13.5. The number of aryl methyl sites for hydroxylation is 1. The van der Waals surface area contributed by atoms with Gasteiger partial charge in [-0.2, -0.15) is 0 Å². The van der Waals surface area contributed by atoms with E-state index in [1.165, 1.54) is 36.9 Å². The lowest BCUT2D eigenvalue weighted by Gasteiger charge is -2.24. The highest BCUT2D eigenvalue weighted by molar-refractivity contribution is 7.09. The van der Waals surface area contributed by atoms with E-state index < -0.39 is 0 Å². The Morgan fingerprint density at radius 1 is 1.15 bits per heavy atom. The minimum atomic E-state index is 0.709. The Morgan fingerprint density at radius 2 is 2.00 bits per heavy atom.